The number of amidine groups is 1. The van der Waals surface area contributed by atoms with Gasteiger partial charge in [-0.05, 0) is 48.0 Å². The van der Waals surface area contributed by atoms with Crippen molar-refractivity contribution < 1.29 is 13.9 Å². The number of carbonyl (C=O) groups excluding carboxylic acids is 1. The lowest BCUT2D eigenvalue weighted by molar-refractivity contribution is -0.113. The number of hydrogen-bond donors (Lipinski definition) is 0. The van der Waals surface area contributed by atoms with E-state index in [4.69, 9.17) is 4.74 Å². The molecule has 0 radical (unpaired) electrons. The first-order chi connectivity index (χ1) is 14.7. The molecule has 0 fully saturated rings. The van der Waals surface area contributed by atoms with Gasteiger partial charge in [-0.2, -0.15) is 0 Å². The molecule has 1 aliphatic heterocycles. The van der Waals surface area contributed by atoms with Gasteiger partial charge in [-0.25, -0.2) is 9.38 Å². The molecule has 0 saturated carbocycles. The first kappa shape index (κ1) is 19.9. The maximum Gasteiger partial charge on any atom is 0.283 e. The Kier molecular flexibility index (Phi) is 6.25. The SMILES string of the molecule is O=C1C(=Cc2ccccc2)N=C(SCCOc2ccccc2)N1c1ccc(F)cc1. The van der Waals surface area contributed by atoms with Gasteiger partial charge in [0, 0.05) is 5.75 Å². The van der Waals surface area contributed by atoms with E-state index in [0.717, 1.165) is 11.3 Å². The molecule has 6 heteroatoms. The summed E-state index contributed by atoms with van der Waals surface area (Å²) in [6.07, 6.45) is 1.76. The van der Waals surface area contributed by atoms with Crippen LogP contribution in [0.5, 0.6) is 5.75 Å². The molecule has 1 heterocycles. The fourth-order valence-electron chi connectivity index (χ4n) is 2.93. The first-order valence-electron chi connectivity index (χ1n) is 9.47. The third kappa shape index (κ3) is 4.78. The maximum absolute atomic E-state index is 13.4. The quantitative estimate of drug-likeness (QED) is 0.399. The molecule has 4 rings (SSSR count). The zero-order valence-corrected chi connectivity index (χ0v) is 16.9. The van der Waals surface area contributed by atoms with Gasteiger partial charge in [-0.15, -0.1) is 0 Å². The molecule has 150 valence electrons. The van der Waals surface area contributed by atoms with E-state index in [1.165, 1.54) is 28.8 Å². The third-order valence-electron chi connectivity index (χ3n) is 4.34. The second-order valence-electron chi connectivity index (χ2n) is 6.46. The Hall–Kier alpha value is -3.38. The molecule has 0 aliphatic carbocycles. The molecule has 0 bridgehead atoms. The standard InChI is InChI=1S/C24H19FN2O2S/c25-19-11-13-20(14-12-19)27-23(28)22(17-18-7-3-1-4-8-18)26-24(27)30-16-15-29-21-9-5-2-6-10-21/h1-14,17H,15-16H2. The number of para-hydroxylation sites is 1. The van der Waals surface area contributed by atoms with Crippen molar-refractivity contribution in [3.63, 3.8) is 0 Å². The van der Waals surface area contributed by atoms with Gasteiger partial charge in [-0.3, -0.25) is 9.69 Å². The molecule has 0 saturated heterocycles. The number of amides is 1. The van der Waals surface area contributed by atoms with E-state index in [2.05, 4.69) is 4.99 Å². The average Bonchev–Trinajstić information content (AvgIpc) is 3.08. The lowest BCUT2D eigenvalue weighted by atomic mass is 10.2. The minimum absolute atomic E-state index is 0.239. The van der Waals surface area contributed by atoms with Crippen molar-refractivity contribution >= 4 is 34.6 Å². The van der Waals surface area contributed by atoms with Gasteiger partial charge in [0.1, 0.15) is 17.3 Å². The van der Waals surface area contributed by atoms with E-state index < -0.39 is 0 Å². The monoisotopic (exact) mass is 418 g/mol. The number of nitrogens with zero attached hydrogens (tertiary/aromatic N) is 2. The summed E-state index contributed by atoms with van der Waals surface area (Å²) < 4.78 is 19.1. The summed E-state index contributed by atoms with van der Waals surface area (Å²) >= 11 is 1.42. The van der Waals surface area contributed by atoms with Gasteiger partial charge in [-0.1, -0.05) is 60.3 Å². The number of ether oxygens (including phenoxy) is 1. The summed E-state index contributed by atoms with van der Waals surface area (Å²) in [7, 11) is 0. The van der Waals surface area contributed by atoms with Gasteiger partial charge in [0.05, 0.1) is 12.3 Å². The normalized spacial score (nSPS) is 14.8. The minimum atomic E-state index is -0.354. The van der Waals surface area contributed by atoms with Gasteiger partial charge in [0.15, 0.2) is 5.17 Å². The highest BCUT2D eigenvalue weighted by molar-refractivity contribution is 8.14. The van der Waals surface area contributed by atoms with Crippen molar-refractivity contribution in [1.29, 1.82) is 0 Å². The Morgan fingerprint density at radius 2 is 1.60 bits per heavy atom. The lowest BCUT2D eigenvalue weighted by Gasteiger charge is -2.17. The van der Waals surface area contributed by atoms with Gasteiger partial charge < -0.3 is 4.74 Å². The summed E-state index contributed by atoms with van der Waals surface area (Å²) in [4.78, 5) is 19.1. The molecule has 3 aromatic carbocycles. The van der Waals surface area contributed by atoms with Crippen LogP contribution in [0.3, 0.4) is 0 Å². The molecule has 3 aromatic rings. The van der Waals surface area contributed by atoms with E-state index in [1.807, 2.05) is 60.7 Å². The topological polar surface area (TPSA) is 41.9 Å². The average molecular weight is 418 g/mol. The molecule has 4 nitrogen and oxygen atoms in total. The first-order valence-corrected chi connectivity index (χ1v) is 10.5. The van der Waals surface area contributed by atoms with Crippen LogP contribution in [-0.4, -0.2) is 23.4 Å². The van der Waals surface area contributed by atoms with Crippen molar-refractivity contribution in [2.45, 2.75) is 0 Å². The van der Waals surface area contributed by atoms with Crippen LogP contribution in [0, 0.1) is 5.82 Å². The van der Waals surface area contributed by atoms with Crippen LogP contribution in [0.2, 0.25) is 0 Å². The molecular weight excluding hydrogens is 399 g/mol. The Morgan fingerprint density at radius 3 is 2.30 bits per heavy atom. The van der Waals surface area contributed by atoms with E-state index in [-0.39, 0.29) is 11.7 Å². The summed E-state index contributed by atoms with van der Waals surface area (Å²) in [5.74, 6) is 0.810. The number of halogens is 1. The Balaban J connectivity index is 1.53. The van der Waals surface area contributed by atoms with Crippen molar-refractivity contribution in [3.05, 3.63) is 102 Å². The summed E-state index contributed by atoms with van der Waals surface area (Å²) in [5, 5.41) is 0.547. The van der Waals surface area contributed by atoms with Crippen molar-refractivity contribution in [1.82, 2.24) is 0 Å². The fourth-order valence-corrected chi connectivity index (χ4v) is 3.76. The van der Waals surface area contributed by atoms with E-state index >= 15 is 0 Å². The highest BCUT2D eigenvalue weighted by Crippen LogP contribution is 2.29. The Bertz CT molecular complexity index is 1070. The summed E-state index contributed by atoms with van der Waals surface area (Å²) in [5.41, 5.74) is 1.81. The molecule has 0 unspecified atom stereocenters. The molecule has 1 aliphatic rings. The lowest BCUT2D eigenvalue weighted by Crippen LogP contribution is -2.30. The van der Waals surface area contributed by atoms with Crippen LogP contribution in [0.25, 0.3) is 6.08 Å². The highest BCUT2D eigenvalue weighted by atomic mass is 32.2. The molecule has 0 aromatic heterocycles. The van der Waals surface area contributed by atoms with E-state index in [0.29, 0.717) is 28.9 Å². The minimum Gasteiger partial charge on any atom is -0.493 e. The number of rotatable bonds is 6. The largest absolute Gasteiger partial charge is 0.493 e. The smallest absolute Gasteiger partial charge is 0.283 e. The zero-order chi connectivity index (χ0) is 20.8. The summed E-state index contributed by atoms with van der Waals surface area (Å²) in [6.45, 7) is 0.469. The Morgan fingerprint density at radius 1 is 0.933 bits per heavy atom. The molecule has 0 N–H and O–H groups in total. The molecular formula is C24H19FN2O2S. The predicted molar refractivity (Wildman–Crippen MR) is 120 cm³/mol. The number of aliphatic imine (C=N–C) groups is 1. The highest BCUT2D eigenvalue weighted by Gasteiger charge is 2.31. The second kappa shape index (κ2) is 9.41. The van der Waals surface area contributed by atoms with Gasteiger partial charge >= 0.3 is 0 Å². The number of hydrogen-bond acceptors (Lipinski definition) is 4. The van der Waals surface area contributed by atoms with Crippen molar-refractivity contribution in [2.75, 3.05) is 17.3 Å². The molecule has 30 heavy (non-hydrogen) atoms. The van der Waals surface area contributed by atoms with E-state index in [1.54, 1.807) is 18.2 Å². The second-order valence-corrected chi connectivity index (χ2v) is 7.52. The number of carbonyl (C=O) groups is 1. The summed E-state index contributed by atoms with van der Waals surface area (Å²) in [6, 6.07) is 24.9. The number of benzene rings is 3. The number of anilines is 1. The fraction of sp³-hybridized carbons (Fsp3) is 0.0833. The van der Waals surface area contributed by atoms with Crippen LogP contribution in [0.4, 0.5) is 10.1 Å². The van der Waals surface area contributed by atoms with Crippen molar-refractivity contribution in [3.8, 4) is 5.75 Å². The predicted octanol–water partition coefficient (Wildman–Crippen LogP) is 5.38. The van der Waals surface area contributed by atoms with Crippen LogP contribution in [0.15, 0.2) is 95.6 Å². The molecule has 0 atom stereocenters. The van der Waals surface area contributed by atoms with Crippen LogP contribution < -0.4 is 9.64 Å². The van der Waals surface area contributed by atoms with Crippen molar-refractivity contribution in [2.24, 2.45) is 4.99 Å². The molecule has 1 amide bonds. The van der Waals surface area contributed by atoms with Gasteiger partial charge in [0.2, 0.25) is 0 Å². The molecule has 0 spiro atoms. The van der Waals surface area contributed by atoms with Crippen LogP contribution >= 0.6 is 11.8 Å². The third-order valence-corrected chi connectivity index (χ3v) is 5.25. The van der Waals surface area contributed by atoms with Crippen LogP contribution in [-0.2, 0) is 4.79 Å². The van der Waals surface area contributed by atoms with Crippen LogP contribution in [0.1, 0.15) is 5.56 Å². The van der Waals surface area contributed by atoms with Gasteiger partial charge in [0.25, 0.3) is 5.91 Å². The maximum atomic E-state index is 13.4. The zero-order valence-electron chi connectivity index (χ0n) is 16.1. The Labute approximate surface area is 178 Å². The van der Waals surface area contributed by atoms with E-state index in [9.17, 15) is 9.18 Å². The number of thioether (sulfide) groups is 1.